The molecule has 2 aromatic carbocycles. The Morgan fingerprint density at radius 2 is 2.10 bits per heavy atom. The molecule has 2 aliphatic heterocycles. The zero-order valence-electron chi connectivity index (χ0n) is 15.7. The fourth-order valence-electron chi connectivity index (χ4n) is 3.35. The third kappa shape index (κ3) is 4.83. The number of morpholine rings is 1. The first-order valence-corrected chi connectivity index (χ1v) is 10.2. The molecule has 152 valence electrons. The van der Waals surface area contributed by atoms with Crippen LogP contribution in [-0.4, -0.2) is 44.7 Å². The van der Waals surface area contributed by atoms with Gasteiger partial charge in [0.15, 0.2) is 6.10 Å². The summed E-state index contributed by atoms with van der Waals surface area (Å²) in [5.41, 5.74) is 2.01. The molecule has 0 saturated carbocycles. The van der Waals surface area contributed by atoms with Crippen molar-refractivity contribution in [2.45, 2.75) is 18.8 Å². The highest BCUT2D eigenvalue weighted by Crippen LogP contribution is 2.28. The number of cyclic esters (lactones) is 1. The molecule has 0 radical (unpaired) electrons. The van der Waals surface area contributed by atoms with Crippen LogP contribution in [-0.2, 0) is 16.0 Å². The highest BCUT2D eigenvalue weighted by atomic mass is 79.9. The molecule has 6 nitrogen and oxygen atoms in total. The van der Waals surface area contributed by atoms with Gasteiger partial charge in [-0.2, -0.15) is 0 Å². The number of nitrogens with one attached hydrogen (secondary N) is 1. The van der Waals surface area contributed by atoms with Crippen LogP contribution in [0.4, 0.5) is 14.9 Å². The molecule has 0 aliphatic carbocycles. The highest BCUT2D eigenvalue weighted by Gasteiger charge is 2.32. The Balaban J connectivity index is 1.39. The van der Waals surface area contributed by atoms with Crippen LogP contribution in [0.3, 0.4) is 0 Å². The molecule has 2 aliphatic rings. The summed E-state index contributed by atoms with van der Waals surface area (Å²) < 4.78 is 26.6. The smallest absolute Gasteiger partial charge is 0.415 e. The Kier molecular flexibility index (Phi) is 6.22. The summed E-state index contributed by atoms with van der Waals surface area (Å²) in [6.07, 6.45) is 0.341. The van der Waals surface area contributed by atoms with E-state index in [-0.39, 0.29) is 6.10 Å². The second-order valence-corrected chi connectivity index (χ2v) is 7.83. The number of benzene rings is 2. The van der Waals surface area contributed by atoms with Gasteiger partial charge in [0.05, 0.1) is 31.5 Å². The fraction of sp³-hybridized carbons (Fsp3) is 0.333. The van der Waals surface area contributed by atoms with Gasteiger partial charge in [0.25, 0.3) is 0 Å². The van der Waals surface area contributed by atoms with Crippen molar-refractivity contribution in [3.63, 3.8) is 0 Å². The molecular weight excluding hydrogens is 441 g/mol. The van der Waals surface area contributed by atoms with Gasteiger partial charge in [-0.1, -0.05) is 34.1 Å². The normalized spacial score (nSPS) is 22.3. The van der Waals surface area contributed by atoms with Crippen LogP contribution >= 0.6 is 15.9 Å². The second kappa shape index (κ2) is 9.02. The molecule has 29 heavy (non-hydrogen) atoms. The number of halogens is 2. The first-order valence-electron chi connectivity index (χ1n) is 9.44. The van der Waals surface area contributed by atoms with Crippen molar-refractivity contribution in [2.24, 2.45) is 4.99 Å². The number of carbonyl (C=O) groups is 1. The van der Waals surface area contributed by atoms with E-state index in [0.717, 1.165) is 16.6 Å². The van der Waals surface area contributed by atoms with Gasteiger partial charge in [-0.25, -0.2) is 9.18 Å². The van der Waals surface area contributed by atoms with E-state index in [1.54, 1.807) is 18.3 Å². The van der Waals surface area contributed by atoms with E-state index in [2.05, 4.69) is 26.2 Å². The minimum atomic E-state index is -0.507. The number of aliphatic imine (C=N–C) groups is 1. The molecule has 4 rings (SSSR count). The molecule has 2 saturated heterocycles. The maximum atomic E-state index is 14.6. The standard InChI is InChI=1S/C21H21BrFN3O3/c22-15-3-1-14(2-4-15)10-25-11-17-13-26(21(27)29-17)16-5-6-18(19(23)9-16)20-12-24-7-8-28-20/h1-6,9,11,17,20,24H,7-8,10,12-13H2/b25-11+. The molecule has 0 aromatic heterocycles. The molecule has 1 N–H and O–H groups in total. The van der Waals surface area contributed by atoms with Crippen molar-refractivity contribution in [1.82, 2.24) is 5.32 Å². The topological polar surface area (TPSA) is 63.2 Å². The number of ether oxygens (including phenoxy) is 2. The first-order chi connectivity index (χ1) is 14.1. The Morgan fingerprint density at radius 1 is 1.28 bits per heavy atom. The fourth-order valence-corrected chi connectivity index (χ4v) is 3.61. The van der Waals surface area contributed by atoms with Crippen molar-refractivity contribution in [3.8, 4) is 0 Å². The zero-order chi connectivity index (χ0) is 20.2. The van der Waals surface area contributed by atoms with Crippen molar-refractivity contribution < 1.29 is 18.7 Å². The number of carbonyl (C=O) groups excluding carboxylic acids is 1. The molecule has 8 heteroatoms. The second-order valence-electron chi connectivity index (χ2n) is 6.92. The number of anilines is 1. The summed E-state index contributed by atoms with van der Waals surface area (Å²) in [6.45, 7) is 2.67. The predicted molar refractivity (Wildman–Crippen MR) is 112 cm³/mol. The summed E-state index contributed by atoms with van der Waals surface area (Å²) in [6, 6.07) is 12.6. The Bertz CT molecular complexity index is 901. The number of hydrogen-bond donors (Lipinski definition) is 1. The van der Waals surface area contributed by atoms with E-state index in [9.17, 15) is 9.18 Å². The van der Waals surface area contributed by atoms with Crippen molar-refractivity contribution in [3.05, 3.63) is 63.9 Å². The molecule has 2 unspecified atom stereocenters. The van der Waals surface area contributed by atoms with E-state index >= 15 is 0 Å². The van der Waals surface area contributed by atoms with Crippen LogP contribution < -0.4 is 10.2 Å². The van der Waals surface area contributed by atoms with Gasteiger partial charge in [0.1, 0.15) is 5.82 Å². The SMILES string of the molecule is O=C1OC(/C=N/Cc2ccc(Br)cc2)CN1c1ccc(C2CNCCO2)c(F)c1. The summed E-state index contributed by atoms with van der Waals surface area (Å²) in [7, 11) is 0. The Morgan fingerprint density at radius 3 is 2.83 bits per heavy atom. The van der Waals surface area contributed by atoms with Crippen LogP contribution in [0.25, 0.3) is 0 Å². The van der Waals surface area contributed by atoms with Gasteiger partial charge < -0.3 is 14.8 Å². The van der Waals surface area contributed by atoms with Crippen LogP contribution in [0.5, 0.6) is 0 Å². The predicted octanol–water partition coefficient (Wildman–Crippen LogP) is 3.85. The van der Waals surface area contributed by atoms with Gasteiger partial charge in [-0.05, 0) is 29.8 Å². The average molecular weight is 462 g/mol. The van der Waals surface area contributed by atoms with Crippen LogP contribution in [0.15, 0.2) is 51.9 Å². The van der Waals surface area contributed by atoms with Crippen LogP contribution in [0, 0.1) is 5.82 Å². The molecule has 2 heterocycles. The van der Waals surface area contributed by atoms with Crippen LogP contribution in [0.1, 0.15) is 17.2 Å². The van der Waals surface area contributed by atoms with Gasteiger partial charge >= 0.3 is 6.09 Å². The summed E-state index contributed by atoms with van der Waals surface area (Å²) in [5, 5.41) is 3.18. The lowest BCUT2D eigenvalue weighted by molar-refractivity contribution is 0.0255. The molecule has 2 atom stereocenters. The third-order valence-electron chi connectivity index (χ3n) is 4.86. The van der Waals surface area contributed by atoms with Crippen molar-refractivity contribution >= 4 is 33.9 Å². The number of amides is 1. The average Bonchev–Trinajstić information content (AvgIpc) is 3.10. The molecule has 2 fully saturated rings. The van der Waals surface area contributed by atoms with Crippen molar-refractivity contribution in [2.75, 3.05) is 31.1 Å². The van der Waals surface area contributed by atoms with E-state index in [1.807, 2.05) is 24.3 Å². The molecule has 2 aromatic rings. The lowest BCUT2D eigenvalue weighted by Gasteiger charge is -2.25. The minimum absolute atomic E-state index is 0.295. The van der Waals surface area contributed by atoms with E-state index in [4.69, 9.17) is 9.47 Å². The number of nitrogens with zero attached hydrogens (tertiary/aromatic N) is 2. The van der Waals surface area contributed by atoms with Crippen LogP contribution in [0.2, 0.25) is 0 Å². The first kappa shape index (κ1) is 20.0. The number of rotatable bonds is 5. The number of hydrogen-bond acceptors (Lipinski definition) is 5. The van der Waals surface area contributed by atoms with Gasteiger partial charge in [-0.3, -0.25) is 9.89 Å². The van der Waals surface area contributed by atoms with Gasteiger partial charge in [0.2, 0.25) is 0 Å². The van der Waals surface area contributed by atoms with Gasteiger partial charge in [0, 0.05) is 29.3 Å². The highest BCUT2D eigenvalue weighted by molar-refractivity contribution is 9.10. The molecular formula is C21H21BrFN3O3. The summed E-state index contributed by atoms with van der Waals surface area (Å²) in [4.78, 5) is 18.0. The molecule has 1 amide bonds. The Labute approximate surface area is 176 Å². The van der Waals surface area contributed by atoms with E-state index < -0.39 is 18.0 Å². The summed E-state index contributed by atoms with van der Waals surface area (Å²) >= 11 is 3.40. The minimum Gasteiger partial charge on any atom is -0.438 e. The lowest BCUT2D eigenvalue weighted by atomic mass is 10.1. The van der Waals surface area contributed by atoms with E-state index in [1.165, 1.54) is 11.0 Å². The Hall–Kier alpha value is -2.29. The van der Waals surface area contributed by atoms with Crippen molar-refractivity contribution in [1.29, 1.82) is 0 Å². The maximum absolute atomic E-state index is 14.6. The quantitative estimate of drug-likeness (QED) is 0.686. The zero-order valence-corrected chi connectivity index (χ0v) is 17.3. The largest absolute Gasteiger partial charge is 0.438 e. The maximum Gasteiger partial charge on any atom is 0.415 e. The third-order valence-corrected chi connectivity index (χ3v) is 5.39. The molecule has 0 bridgehead atoms. The monoisotopic (exact) mass is 461 g/mol. The molecule has 0 spiro atoms. The van der Waals surface area contributed by atoms with Gasteiger partial charge in [-0.15, -0.1) is 0 Å². The lowest BCUT2D eigenvalue weighted by Crippen LogP contribution is -2.33. The summed E-state index contributed by atoms with van der Waals surface area (Å²) in [5.74, 6) is -0.392. The van der Waals surface area contributed by atoms with E-state index in [0.29, 0.717) is 37.5 Å².